The fraction of sp³-hybridized carbons (Fsp3) is 0.250. The molecule has 1 aromatic heterocycles. The van der Waals surface area contributed by atoms with Gasteiger partial charge in [0, 0.05) is 16.9 Å². The van der Waals surface area contributed by atoms with Gasteiger partial charge in [-0.25, -0.2) is 22.0 Å². The van der Waals surface area contributed by atoms with Crippen LogP contribution in [0.25, 0.3) is 0 Å². The Bertz CT molecular complexity index is 1010. The molecule has 27 heavy (non-hydrogen) atoms. The number of thiophene rings is 1. The molecule has 0 unspecified atom stereocenters. The molecule has 0 spiro atoms. The second kappa shape index (κ2) is 7.24. The minimum absolute atomic E-state index is 0.242. The lowest BCUT2D eigenvalue weighted by Crippen LogP contribution is -2.27. The summed E-state index contributed by atoms with van der Waals surface area (Å²) in [5, 5.41) is 12.7. The zero-order valence-corrected chi connectivity index (χ0v) is 16.1. The lowest BCUT2D eigenvalue weighted by atomic mass is 9.96. The van der Waals surface area contributed by atoms with Crippen molar-refractivity contribution in [2.75, 3.05) is 10.0 Å². The number of aromatic carboxylic acids is 1. The van der Waals surface area contributed by atoms with Gasteiger partial charge in [0.15, 0.2) is 0 Å². The maximum absolute atomic E-state index is 13.9. The first kappa shape index (κ1) is 20.8. The molecule has 1 amide bonds. The van der Waals surface area contributed by atoms with E-state index in [9.17, 15) is 26.8 Å². The Morgan fingerprint density at radius 1 is 1.11 bits per heavy atom. The van der Waals surface area contributed by atoms with Crippen LogP contribution in [0.4, 0.5) is 20.2 Å². The van der Waals surface area contributed by atoms with Crippen LogP contribution in [0.5, 0.6) is 0 Å². The van der Waals surface area contributed by atoms with Crippen LogP contribution in [0.2, 0.25) is 0 Å². The number of carboxylic acids is 1. The van der Waals surface area contributed by atoms with Crippen LogP contribution in [0, 0.1) is 17.0 Å². The zero-order valence-electron chi connectivity index (χ0n) is 14.5. The predicted molar refractivity (Wildman–Crippen MR) is 96.5 cm³/mol. The van der Waals surface area contributed by atoms with Gasteiger partial charge in [-0.15, -0.1) is 11.3 Å². The first-order valence-corrected chi connectivity index (χ1v) is 9.82. The topological polar surface area (TPSA) is 113 Å². The van der Waals surface area contributed by atoms with Gasteiger partial charge in [-0.05, 0) is 12.1 Å². The fourth-order valence-electron chi connectivity index (χ4n) is 1.83. The lowest BCUT2D eigenvalue weighted by Gasteiger charge is -2.16. The number of benzene rings is 1. The number of halogens is 2. The summed E-state index contributed by atoms with van der Waals surface area (Å²) in [5.41, 5.74) is -2.09. The van der Waals surface area contributed by atoms with E-state index in [1.54, 1.807) is 20.8 Å². The fourth-order valence-corrected chi connectivity index (χ4v) is 4.00. The zero-order chi connectivity index (χ0) is 20.6. The molecule has 0 saturated heterocycles. The number of sulfonamides is 1. The normalized spacial score (nSPS) is 11.9. The molecular weight excluding hydrogens is 402 g/mol. The van der Waals surface area contributed by atoms with Crippen LogP contribution in [0.15, 0.2) is 27.8 Å². The molecule has 1 aromatic carbocycles. The minimum atomic E-state index is -4.27. The number of rotatable bonds is 5. The van der Waals surface area contributed by atoms with Crippen molar-refractivity contribution in [3.05, 3.63) is 40.8 Å². The van der Waals surface area contributed by atoms with E-state index in [-0.39, 0.29) is 15.8 Å². The molecule has 0 saturated carbocycles. The van der Waals surface area contributed by atoms with Crippen LogP contribution in [-0.4, -0.2) is 25.4 Å². The smallest absolute Gasteiger partial charge is 0.338 e. The summed E-state index contributed by atoms with van der Waals surface area (Å²) in [5.74, 6) is -4.53. The molecule has 1 heterocycles. The molecule has 146 valence electrons. The Hall–Kier alpha value is -2.53. The maximum Gasteiger partial charge on any atom is 0.338 e. The van der Waals surface area contributed by atoms with Gasteiger partial charge in [0.2, 0.25) is 5.91 Å². The Morgan fingerprint density at radius 2 is 1.74 bits per heavy atom. The van der Waals surface area contributed by atoms with Gasteiger partial charge in [-0.3, -0.25) is 9.52 Å². The van der Waals surface area contributed by atoms with Gasteiger partial charge in [0.05, 0.1) is 16.9 Å². The van der Waals surface area contributed by atoms with E-state index in [4.69, 9.17) is 5.11 Å². The first-order valence-electron chi connectivity index (χ1n) is 7.46. The van der Waals surface area contributed by atoms with Crippen molar-refractivity contribution in [3.8, 4) is 0 Å². The van der Waals surface area contributed by atoms with E-state index >= 15 is 0 Å². The predicted octanol–water partition coefficient (Wildman–Crippen LogP) is 3.51. The number of hydrogen-bond donors (Lipinski definition) is 3. The van der Waals surface area contributed by atoms with Crippen LogP contribution >= 0.6 is 11.3 Å². The molecule has 0 atom stereocenters. The summed E-state index contributed by atoms with van der Waals surface area (Å²) >= 11 is 0.771. The largest absolute Gasteiger partial charge is 0.478 e. The Balaban J connectivity index is 2.27. The summed E-state index contributed by atoms with van der Waals surface area (Å²) in [6.45, 7) is 5.06. The Morgan fingerprint density at radius 3 is 2.30 bits per heavy atom. The second-order valence-electron chi connectivity index (χ2n) is 6.58. The van der Waals surface area contributed by atoms with E-state index in [1.165, 1.54) is 11.4 Å². The van der Waals surface area contributed by atoms with Crippen molar-refractivity contribution in [2.24, 2.45) is 5.41 Å². The van der Waals surface area contributed by atoms with Gasteiger partial charge >= 0.3 is 5.97 Å². The van der Waals surface area contributed by atoms with Crippen molar-refractivity contribution >= 4 is 44.6 Å². The Kier molecular flexibility index (Phi) is 5.57. The quantitative estimate of drug-likeness (QED) is 0.688. The van der Waals surface area contributed by atoms with E-state index in [2.05, 4.69) is 5.32 Å². The lowest BCUT2D eigenvalue weighted by molar-refractivity contribution is -0.123. The number of carbonyl (C=O) groups is 2. The minimum Gasteiger partial charge on any atom is -0.478 e. The van der Waals surface area contributed by atoms with E-state index in [1.807, 2.05) is 4.72 Å². The molecule has 0 bridgehead atoms. The number of carbonyl (C=O) groups excluding carboxylic acids is 1. The Labute approximate surface area is 158 Å². The van der Waals surface area contributed by atoms with E-state index in [0.717, 1.165) is 11.3 Å². The molecule has 2 aromatic rings. The number of carboxylic acid groups (broad SMARTS) is 1. The van der Waals surface area contributed by atoms with Gasteiger partial charge in [-0.2, -0.15) is 0 Å². The molecular formula is C16H16F2N2O5S2. The first-order chi connectivity index (χ1) is 12.3. The number of anilines is 2. The molecule has 0 fully saturated rings. The molecule has 7 nitrogen and oxygen atoms in total. The summed E-state index contributed by atoms with van der Waals surface area (Å²) < 4.78 is 54.0. The SMILES string of the molecule is CC(C)(C)C(=O)Nc1csc(S(=O)(=O)Nc2cc(F)c(C(=O)O)cc2F)c1. The summed E-state index contributed by atoms with van der Waals surface area (Å²) in [7, 11) is -4.27. The van der Waals surface area contributed by atoms with Gasteiger partial charge in [0.25, 0.3) is 10.0 Å². The van der Waals surface area contributed by atoms with Crippen LogP contribution in [-0.2, 0) is 14.8 Å². The van der Waals surface area contributed by atoms with Crippen LogP contribution in [0.3, 0.4) is 0 Å². The summed E-state index contributed by atoms with van der Waals surface area (Å²) in [6, 6.07) is 2.02. The van der Waals surface area contributed by atoms with Crippen molar-refractivity contribution in [3.63, 3.8) is 0 Å². The molecule has 0 aliphatic carbocycles. The molecule has 0 aliphatic heterocycles. The van der Waals surface area contributed by atoms with E-state index < -0.39 is 44.3 Å². The van der Waals surface area contributed by atoms with Crippen LogP contribution in [0.1, 0.15) is 31.1 Å². The van der Waals surface area contributed by atoms with Gasteiger partial charge < -0.3 is 10.4 Å². The van der Waals surface area contributed by atoms with Crippen molar-refractivity contribution in [1.82, 2.24) is 0 Å². The molecule has 11 heteroatoms. The molecule has 0 radical (unpaired) electrons. The van der Waals surface area contributed by atoms with Crippen molar-refractivity contribution < 1.29 is 31.9 Å². The highest BCUT2D eigenvalue weighted by molar-refractivity contribution is 7.94. The monoisotopic (exact) mass is 418 g/mol. The molecule has 3 N–H and O–H groups in total. The van der Waals surface area contributed by atoms with E-state index in [0.29, 0.717) is 12.1 Å². The number of hydrogen-bond acceptors (Lipinski definition) is 5. The number of nitrogens with one attached hydrogen (secondary N) is 2. The third-order valence-corrected chi connectivity index (χ3v) is 6.12. The standard InChI is InChI=1S/C16H16F2N2O5S2/c1-16(2,3)15(23)19-8-4-13(26-7-8)27(24,25)20-12-6-10(17)9(14(21)22)5-11(12)18/h4-7,20H,1-3H3,(H,19,23)(H,21,22). The number of amides is 1. The van der Waals surface area contributed by atoms with Gasteiger partial charge in [0.1, 0.15) is 15.8 Å². The highest BCUT2D eigenvalue weighted by Crippen LogP contribution is 2.29. The third-order valence-electron chi connectivity index (χ3n) is 3.31. The van der Waals surface area contributed by atoms with Crippen molar-refractivity contribution in [2.45, 2.75) is 25.0 Å². The highest BCUT2D eigenvalue weighted by atomic mass is 32.2. The third kappa shape index (κ3) is 4.80. The van der Waals surface area contributed by atoms with Crippen LogP contribution < -0.4 is 10.0 Å². The summed E-state index contributed by atoms with van der Waals surface area (Å²) in [6.07, 6.45) is 0. The average molecular weight is 418 g/mol. The maximum atomic E-state index is 13.9. The van der Waals surface area contributed by atoms with Gasteiger partial charge in [-0.1, -0.05) is 20.8 Å². The average Bonchev–Trinajstić information content (AvgIpc) is 2.98. The molecule has 2 rings (SSSR count). The highest BCUT2D eigenvalue weighted by Gasteiger charge is 2.24. The summed E-state index contributed by atoms with van der Waals surface area (Å²) in [4.78, 5) is 22.7. The molecule has 0 aliphatic rings. The van der Waals surface area contributed by atoms with Crippen molar-refractivity contribution in [1.29, 1.82) is 0 Å². The second-order valence-corrected chi connectivity index (χ2v) is 9.40.